The third-order valence-electron chi connectivity index (χ3n) is 4.92. The molecule has 2 heterocycles. The van der Waals surface area contributed by atoms with Gasteiger partial charge in [-0.15, -0.1) is 24.0 Å². The number of halogens is 2. The summed E-state index contributed by atoms with van der Waals surface area (Å²) >= 11 is 0. The van der Waals surface area contributed by atoms with Crippen LogP contribution >= 0.6 is 24.0 Å². The Morgan fingerprint density at radius 1 is 1.22 bits per heavy atom. The Hall–Kier alpha value is -2.40. The van der Waals surface area contributed by atoms with Gasteiger partial charge in [0.2, 0.25) is 0 Å². The molecule has 1 atom stereocenters. The van der Waals surface area contributed by atoms with E-state index in [2.05, 4.69) is 20.7 Å². The van der Waals surface area contributed by atoms with Crippen molar-refractivity contribution in [1.82, 2.24) is 20.4 Å². The van der Waals surface area contributed by atoms with Gasteiger partial charge in [0.1, 0.15) is 22.9 Å². The standard InChI is InChI=1S/C23H30FN5O2.HI/c1-5-25-22(27-15-23(4,30)21-14-16(2)31-17(21)3)26-12-10-19-11-13-29(28-19)20-8-6-18(24)7-9-20;/h6-9,11,13-14,30H,5,10,12,15H2,1-4H3,(H2,25,26,27);1H. The number of hydrogen-bond donors (Lipinski definition) is 3. The molecule has 0 aliphatic carbocycles. The second-order valence-electron chi connectivity index (χ2n) is 7.70. The van der Waals surface area contributed by atoms with Crippen LogP contribution in [0.2, 0.25) is 0 Å². The van der Waals surface area contributed by atoms with Gasteiger partial charge in [-0.3, -0.25) is 0 Å². The highest BCUT2D eigenvalue weighted by atomic mass is 127. The lowest BCUT2D eigenvalue weighted by Crippen LogP contribution is -2.39. The summed E-state index contributed by atoms with van der Waals surface area (Å²) in [6.45, 7) is 8.95. The van der Waals surface area contributed by atoms with E-state index < -0.39 is 5.60 Å². The lowest BCUT2D eigenvalue weighted by molar-refractivity contribution is 0.0657. The molecule has 0 aliphatic rings. The van der Waals surface area contributed by atoms with E-state index in [1.54, 1.807) is 23.7 Å². The van der Waals surface area contributed by atoms with Crippen LogP contribution in [-0.2, 0) is 12.0 Å². The molecule has 0 bridgehead atoms. The van der Waals surface area contributed by atoms with Crippen LogP contribution in [0.25, 0.3) is 5.69 Å². The van der Waals surface area contributed by atoms with E-state index in [1.807, 2.05) is 39.1 Å². The Balaban J connectivity index is 0.00000363. The van der Waals surface area contributed by atoms with Crippen LogP contribution in [0, 0.1) is 19.7 Å². The normalized spacial score (nSPS) is 13.4. The Kier molecular flexibility index (Phi) is 9.26. The van der Waals surface area contributed by atoms with E-state index >= 15 is 0 Å². The Bertz CT molecular complexity index is 1030. The van der Waals surface area contributed by atoms with Gasteiger partial charge in [0, 0.05) is 31.3 Å². The van der Waals surface area contributed by atoms with E-state index in [9.17, 15) is 9.50 Å². The molecule has 0 aliphatic heterocycles. The number of benzene rings is 1. The molecule has 0 spiro atoms. The minimum absolute atomic E-state index is 0. The topological polar surface area (TPSA) is 87.6 Å². The molecule has 1 unspecified atom stereocenters. The number of aromatic nitrogens is 2. The van der Waals surface area contributed by atoms with Gasteiger partial charge < -0.3 is 20.2 Å². The summed E-state index contributed by atoms with van der Waals surface area (Å²) in [5.41, 5.74) is 1.33. The molecule has 0 amide bonds. The van der Waals surface area contributed by atoms with Crippen molar-refractivity contribution in [3.8, 4) is 5.69 Å². The fraction of sp³-hybridized carbons (Fsp3) is 0.391. The average molecular weight is 555 g/mol. The molecule has 0 radical (unpaired) electrons. The highest BCUT2D eigenvalue weighted by Crippen LogP contribution is 2.27. The van der Waals surface area contributed by atoms with Crippen LogP contribution in [0.1, 0.15) is 36.6 Å². The summed E-state index contributed by atoms with van der Waals surface area (Å²) in [5.74, 6) is 1.82. The number of aliphatic hydroxyl groups is 1. The second kappa shape index (κ2) is 11.5. The summed E-state index contributed by atoms with van der Waals surface area (Å²) in [6, 6.07) is 9.99. The van der Waals surface area contributed by atoms with E-state index in [0.29, 0.717) is 31.2 Å². The fourth-order valence-electron chi connectivity index (χ4n) is 3.37. The molecule has 174 valence electrons. The molecular formula is C23H31FIN5O2. The zero-order valence-electron chi connectivity index (χ0n) is 18.9. The number of rotatable bonds is 8. The molecule has 2 aromatic heterocycles. The smallest absolute Gasteiger partial charge is 0.191 e. The third-order valence-corrected chi connectivity index (χ3v) is 4.92. The maximum Gasteiger partial charge on any atom is 0.191 e. The number of hydrogen-bond acceptors (Lipinski definition) is 4. The predicted molar refractivity (Wildman–Crippen MR) is 134 cm³/mol. The van der Waals surface area contributed by atoms with Crippen LogP contribution in [0.4, 0.5) is 4.39 Å². The predicted octanol–water partition coefficient (Wildman–Crippen LogP) is 3.84. The number of furan rings is 1. The highest BCUT2D eigenvalue weighted by molar-refractivity contribution is 14.0. The van der Waals surface area contributed by atoms with Crippen molar-refractivity contribution in [2.75, 3.05) is 19.6 Å². The maximum atomic E-state index is 13.1. The number of nitrogens with zero attached hydrogens (tertiary/aromatic N) is 3. The molecule has 32 heavy (non-hydrogen) atoms. The van der Waals surface area contributed by atoms with Crippen molar-refractivity contribution >= 4 is 29.9 Å². The van der Waals surface area contributed by atoms with Gasteiger partial charge in [-0.1, -0.05) is 0 Å². The van der Waals surface area contributed by atoms with Crippen LogP contribution in [0.15, 0.2) is 52.0 Å². The van der Waals surface area contributed by atoms with Crippen LogP contribution in [0.5, 0.6) is 0 Å². The molecule has 3 rings (SSSR count). The number of guanidine groups is 1. The van der Waals surface area contributed by atoms with Crippen LogP contribution in [0.3, 0.4) is 0 Å². The van der Waals surface area contributed by atoms with Crippen molar-refractivity contribution in [2.24, 2.45) is 4.99 Å². The molecule has 7 nitrogen and oxygen atoms in total. The molecular weight excluding hydrogens is 524 g/mol. The lowest BCUT2D eigenvalue weighted by atomic mass is 9.96. The SMILES string of the molecule is CCNC(=NCC(C)(O)c1cc(C)oc1C)NCCc1ccn(-c2ccc(F)cc2)n1.I. The Morgan fingerprint density at radius 2 is 1.94 bits per heavy atom. The summed E-state index contributed by atoms with van der Waals surface area (Å²) in [4.78, 5) is 4.55. The van der Waals surface area contributed by atoms with Crippen molar-refractivity contribution in [1.29, 1.82) is 0 Å². The molecule has 0 fully saturated rings. The monoisotopic (exact) mass is 555 g/mol. The summed E-state index contributed by atoms with van der Waals surface area (Å²) < 4.78 is 20.4. The zero-order valence-corrected chi connectivity index (χ0v) is 21.2. The molecule has 3 aromatic rings. The zero-order chi connectivity index (χ0) is 22.4. The van der Waals surface area contributed by atoms with Gasteiger partial charge in [-0.2, -0.15) is 5.10 Å². The lowest BCUT2D eigenvalue weighted by Gasteiger charge is -2.21. The van der Waals surface area contributed by atoms with Crippen LogP contribution in [-0.4, -0.2) is 40.5 Å². The molecule has 1 aromatic carbocycles. The quantitative estimate of drug-likeness (QED) is 0.224. The Morgan fingerprint density at radius 3 is 2.56 bits per heavy atom. The number of aryl methyl sites for hydroxylation is 2. The van der Waals surface area contributed by atoms with Gasteiger partial charge in [0.25, 0.3) is 0 Å². The van der Waals surface area contributed by atoms with Crippen LogP contribution < -0.4 is 10.6 Å². The first-order chi connectivity index (χ1) is 14.8. The van der Waals surface area contributed by atoms with Gasteiger partial charge >= 0.3 is 0 Å². The molecule has 0 saturated heterocycles. The number of nitrogens with one attached hydrogen (secondary N) is 2. The van der Waals surface area contributed by atoms with E-state index in [1.165, 1.54) is 12.1 Å². The van der Waals surface area contributed by atoms with E-state index in [0.717, 1.165) is 22.7 Å². The first-order valence-electron chi connectivity index (χ1n) is 10.4. The average Bonchev–Trinajstić information content (AvgIpc) is 3.33. The minimum atomic E-state index is -1.13. The van der Waals surface area contributed by atoms with Gasteiger partial charge in [-0.25, -0.2) is 14.1 Å². The fourth-order valence-corrected chi connectivity index (χ4v) is 3.37. The van der Waals surface area contributed by atoms with E-state index in [4.69, 9.17) is 4.42 Å². The maximum absolute atomic E-state index is 13.1. The first kappa shape index (κ1) is 25.9. The third kappa shape index (κ3) is 6.80. The van der Waals surface area contributed by atoms with Crippen molar-refractivity contribution in [3.63, 3.8) is 0 Å². The first-order valence-corrected chi connectivity index (χ1v) is 10.4. The second-order valence-corrected chi connectivity index (χ2v) is 7.70. The van der Waals surface area contributed by atoms with Gasteiger partial charge in [-0.05, 0) is 64.1 Å². The van der Waals surface area contributed by atoms with E-state index in [-0.39, 0.29) is 36.3 Å². The molecule has 0 saturated carbocycles. The minimum Gasteiger partial charge on any atom is -0.466 e. The van der Waals surface area contributed by atoms with Crippen molar-refractivity contribution < 1.29 is 13.9 Å². The summed E-state index contributed by atoms with van der Waals surface area (Å²) in [7, 11) is 0. The van der Waals surface area contributed by atoms with Gasteiger partial charge in [0.05, 0.1) is 17.9 Å². The summed E-state index contributed by atoms with van der Waals surface area (Å²) in [6.07, 6.45) is 2.54. The highest BCUT2D eigenvalue weighted by Gasteiger charge is 2.27. The largest absolute Gasteiger partial charge is 0.466 e. The van der Waals surface area contributed by atoms with Crippen molar-refractivity contribution in [3.05, 3.63) is 71.2 Å². The van der Waals surface area contributed by atoms with Gasteiger partial charge in [0.15, 0.2) is 5.96 Å². The Labute approximate surface area is 205 Å². The molecule has 3 N–H and O–H groups in total. The number of aliphatic imine (C=N–C) groups is 1. The summed E-state index contributed by atoms with van der Waals surface area (Å²) in [5, 5.41) is 21.9. The van der Waals surface area contributed by atoms with Crippen molar-refractivity contribution in [2.45, 2.75) is 39.7 Å². The molecule has 9 heteroatoms.